The van der Waals surface area contributed by atoms with Crippen LogP contribution in [0.15, 0.2) is 30.3 Å². The van der Waals surface area contributed by atoms with Crippen molar-refractivity contribution in [1.29, 1.82) is 0 Å². The van der Waals surface area contributed by atoms with Gasteiger partial charge in [-0.1, -0.05) is 23.2 Å². The molecule has 0 atom stereocenters. The fraction of sp³-hybridized carbons (Fsp3) is 0.0714. The van der Waals surface area contributed by atoms with Gasteiger partial charge in [-0.3, -0.25) is 0 Å². The highest BCUT2D eigenvalue weighted by atomic mass is 35.5. The molecule has 0 fully saturated rings. The predicted molar refractivity (Wildman–Crippen MR) is 73.6 cm³/mol. The lowest BCUT2D eigenvalue weighted by Crippen LogP contribution is -1.97. The van der Waals surface area contributed by atoms with Crippen molar-refractivity contribution >= 4 is 29.2 Å². The Morgan fingerprint density at radius 1 is 1.11 bits per heavy atom. The van der Waals surface area contributed by atoms with Gasteiger partial charge in [0.1, 0.15) is 5.82 Å². The molecule has 0 heterocycles. The predicted octanol–water partition coefficient (Wildman–Crippen LogP) is 4.81. The molecule has 5 heteroatoms. The molecule has 2 aromatic carbocycles. The third-order valence-electron chi connectivity index (χ3n) is 2.75. The maximum atomic E-state index is 13.4. The molecule has 0 saturated carbocycles. The van der Waals surface area contributed by atoms with Crippen LogP contribution in [0.2, 0.25) is 10.0 Å². The number of benzene rings is 2. The van der Waals surface area contributed by atoms with Crippen LogP contribution < -0.4 is 0 Å². The summed E-state index contributed by atoms with van der Waals surface area (Å²) in [5.74, 6) is -1.48. The number of carboxylic acids is 1. The SMILES string of the molecule is Cc1cc(-c2cc(C(=O)O)ccc2Cl)c(Cl)cc1F. The molecule has 2 aromatic rings. The van der Waals surface area contributed by atoms with Crippen LogP contribution in [-0.2, 0) is 0 Å². The van der Waals surface area contributed by atoms with E-state index in [4.69, 9.17) is 28.3 Å². The Kier molecular flexibility index (Phi) is 3.78. The van der Waals surface area contributed by atoms with Gasteiger partial charge in [0.2, 0.25) is 0 Å². The van der Waals surface area contributed by atoms with E-state index < -0.39 is 11.8 Å². The van der Waals surface area contributed by atoms with E-state index in [1.165, 1.54) is 24.3 Å². The summed E-state index contributed by atoms with van der Waals surface area (Å²) in [4.78, 5) is 11.0. The molecule has 0 unspecified atom stereocenters. The molecule has 0 saturated heterocycles. The summed E-state index contributed by atoms with van der Waals surface area (Å²) in [6.45, 7) is 1.60. The van der Waals surface area contributed by atoms with Gasteiger partial charge in [-0.25, -0.2) is 9.18 Å². The number of aryl methyl sites for hydroxylation is 1. The number of hydrogen-bond acceptors (Lipinski definition) is 1. The maximum absolute atomic E-state index is 13.4. The van der Waals surface area contributed by atoms with Gasteiger partial charge in [-0.05, 0) is 42.8 Å². The Morgan fingerprint density at radius 3 is 2.37 bits per heavy atom. The zero-order valence-electron chi connectivity index (χ0n) is 9.88. The van der Waals surface area contributed by atoms with Gasteiger partial charge in [-0.2, -0.15) is 0 Å². The van der Waals surface area contributed by atoms with E-state index >= 15 is 0 Å². The number of halogens is 3. The standard InChI is InChI=1S/C14H9Cl2FO2/c1-7-4-9(12(16)6-13(7)17)10-5-8(14(18)19)2-3-11(10)15/h2-6H,1H3,(H,18,19). The first-order chi connectivity index (χ1) is 8.90. The van der Waals surface area contributed by atoms with Gasteiger partial charge in [-0.15, -0.1) is 0 Å². The van der Waals surface area contributed by atoms with Crippen molar-refractivity contribution in [2.75, 3.05) is 0 Å². The Hall–Kier alpha value is -1.58. The fourth-order valence-electron chi connectivity index (χ4n) is 1.73. The first kappa shape index (κ1) is 13.8. The fourth-order valence-corrected chi connectivity index (χ4v) is 2.20. The molecular weight excluding hydrogens is 290 g/mol. The number of carbonyl (C=O) groups is 1. The first-order valence-electron chi connectivity index (χ1n) is 5.39. The lowest BCUT2D eigenvalue weighted by molar-refractivity contribution is 0.0697. The average Bonchev–Trinajstić information content (AvgIpc) is 2.34. The molecule has 0 radical (unpaired) electrons. The van der Waals surface area contributed by atoms with Crippen LogP contribution in [-0.4, -0.2) is 11.1 Å². The zero-order valence-corrected chi connectivity index (χ0v) is 11.4. The van der Waals surface area contributed by atoms with Gasteiger partial charge in [0.15, 0.2) is 0 Å². The van der Waals surface area contributed by atoms with E-state index in [1.807, 2.05) is 0 Å². The largest absolute Gasteiger partial charge is 0.478 e. The van der Waals surface area contributed by atoms with Crippen molar-refractivity contribution in [3.05, 3.63) is 57.3 Å². The minimum absolute atomic E-state index is 0.0949. The number of hydrogen-bond donors (Lipinski definition) is 1. The molecule has 0 bridgehead atoms. The second kappa shape index (κ2) is 5.19. The summed E-state index contributed by atoms with van der Waals surface area (Å²) < 4.78 is 13.4. The van der Waals surface area contributed by atoms with E-state index in [9.17, 15) is 9.18 Å². The van der Waals surface area contributed by atoms with Crippen LogP contribution in [0.5, 0.6) is 0 Å². The van der Waals surface area contributed by atoms with Crippen molar-refractivity contribution in [3.8, 4) is 11.1 Å². The van der Waals surface area contributed by atoms with Gasteiger partial charge < -0.3 is 5.11 Å². The van der Waals surface area contributed by atoms with E-state index in [0.29, 0.717) is 21.7 Å². The first-order valence-corrected chi connectivity index (χ1v) is 6.14. The van der Waals surface area contributed by atoms with Crippen molar-refractivity contribution < 1.29 is 14.3 Å². The maximum Gasteiger partial charge on any atom is 0.335 e. The van der Waals surface area contributed by atoms with Gasteiger partial charge in [0.05, 0.1) is 10.6 Å². The molecule has 0 aromatic heterocycles. The van der Waals surface area contributed by atoms with Crippen LogP contribution in [0.3, 0.4) is 0 Å². The van der Waals surface area contributed by atoms with Crippen LogP contribution in [0.4, 0.5) is 4.39 Å². The lowest BCUT2D eigenvalue weighted by atomic mass is 10.0. The Morgan fingerprint density at radius 2 is 1.74 bits per heavy atom. The van der Waals surface area contributed by atoms with Gasteiger partial charge >= 0.3 is 5.97 Å². The molecule has 0 aliphatic rings. The van der Waals surface area contributed by atoms with Crippen LogP contribution in [0.25, 0.3) is 11.1 Å². The van der Waals surface area contributed by atoms with E-state index in [-0.39, 0.29) is 10.6 Å². The Labute approximate surface area is 119 Å². The van der Waals surface area contributed by atoms with Crippen LogP contribution >= 0.6 is 23.2 Å². The molecule has 2 rings (SSSR count). The third kappa shape index (κ3) is 2.72. The number of rotatable bonds is 2. The molecule has 0 aliphatic heterocycles. The monoisotopic (exact) mass is 298 g/mol. The summed E-state index contributed by atoms with van der Waals surface area (Å²) in [6, 6.07) is 7.04. The molecule has 1 N–H and O–H groups in total. The van der Waals surface area contributed by atoms with Crippen LogP contribution in [0, 0.1) is 12.7 Å². The molecule has 19 heavy (non-hydrogen) atoms. The van der Waals surface area contributed by atoms with Gasteiger partial charge in [0.25, 0.3) is 0 Å². The van der Waals surface area contributed by atoms with Crippen molar-refractivity contribution in [1.82, 2.24) is 0 Å². The summed E-state index contributed by atoms with van der Waals surface area (Å²) in [6.07, 6.45) is 0. The Bertz CT molecular complexity index is 669. The second-order valence-corrected chi connectivity index (χ2v) is 4.90. The minimum Gasteiger partial charge on any atom is -0.478 e. The highest BCUT2D eigenvalue weighted by Gasteiger charge is 2.13. The normalized spacial score (nSPS) is 10.5. The van der Waals surface area contributed by atoms with E-state index in [1.54, 1.807) is 13.0 Å². The second-order valence-electron chi connectivity index (χ2n) is 4.08. The zero-order chi connectivity index (χ0) is 14.2. The van der Waals surface area contributed by atoms with Crippen LogP contribution in [0.1, 0.15) is 15.9 Å². The van der Waals surface area contributed by atoms with E-state index in [0.717, 1.165) is 0 Å². The molecule has 98 valence electrons. The van der Waals surface area contributed by atoms with Crippen molar-refractivity contribution in [3.63, 3.8) is 0 Å². The molecule has 2 nitrogen and oxygen atoms in total. The third-order valence-corrected chi connectivity index (χ3v) is 3.39. The lowest BCUT2D eigenvalue weighted by Gasteiger charge is -2.10. The highest BCUT2D eigenvalue weighted by molar-refractivity contribution is 6.36. The topological polar surface area (TPSA) is 37.3 Å². The number of carboxylic acid groups (broad SMARTS) is 1. The van der Waals surface area contributed by atoms with Crippen molar-refractivity contribution in [2.24, 2.45) is 0 Å². The Balaban J connectivity index is 2.67. The molecule has 0 amide bonds. The summed E-state index contributed by atoms with van der Waals surface area (Å²) >= 11 is 12.0. The highest BCUT2D eigenvalue weighted by Crippen LogP contribution is 2.35. The molecule has 0 aliphatic carbocycles. The quantitative estimate of drug-likeness (QED) is 0.864. The smallest absolute Gasteiger partial charge is 0.335 e. The summed E-state index contributed by atoms with van der Waals surface area (Å²) in [5, 5.41) is 9.53. The summed E-state index contributed by atoms with van der Waals surface area (Å²) in [5.41, 5.74) is 1.48. The summed E-state index contributed by atoms with van der Waals surface area (Å²) in [7, 11) is 0. The van der Waals surface area contributed by atoms with E-state index in [2.05, 4.69) is 0 Å². The van der Waals surface area contributed by atoms with Gasteiger partial charge in [0, 0.05) is 16.1 Å². The molecular formula is C14H9Cl2FO2. The average molecular weight is 299 g/mol. The molecule has 0 spiro atoms. The van der Waals surface area contributed by atoms with Crippen molar-refractivity contribution in [2.45, 2.75) is 6.92 Å². The minimum atomic E-state index is -1.06. The number of aromatic carboxylic acids is 1.